The summed E-state index contributed by atoms with van der Waals surface area (Å²) in [6.07, 6.45) is 0. The summed E-state index contributed by atoms with van der Waals surface area (Å²) in [5.41, 5.74) is -0.147. The lowest BCUT2D eigenvalue weighted by Crippen LogP contribution is -2.04. The Kier molecular flexibility index (Phi) is 4.53. The van der Waals surface area contributed by atoms with Gasteiger partial charge in [-0.05, 0) is 17.9 Å². The Hall–Kier alpha value is -1.08. The van der Waals surface area contributed by atoms with Gasteiger partial charge in [0.05, 0.1) is 20.5 Å². The minimum atomic E-state index is -3.40. The van der Waals surface area contributed by atoms with E-state index in [0.717, 1.165) is 6.07 Å². The summed E-state index contributed by atoms with van der Waals surface area (Å²) in [6.45, 7) is 3.39. The van der Waals surface area contributed by atoms with Crippen molar-refractivity contribution >= 4 is 27.3 Å². The minimum absolute atomic E-state index is 0.00662. The third-order valence-corrected chi connectivity index (χ3v) is 4.84. The molecule has 5 nitrogen and oxygen atoms in total. The lowest BCUT2D eigenvalue weighted by atomic mass is 10.3. The highest BCUT2D eigenvalue weighted by Crippen LogP contribution is 2.31. The summed E-state index contributed by atoms with van der Waals surface area (Å²) in [5.74, 6) is 0.630. The van der Waals surface area contributed by atoms with Crippen LogP contribution in [0.4, 0.5) is 5.69 Å². The molecule has 0 aliphatic carbocycles. The monoisotopic (exact) mass is 275 g/mol. The molecule has 0 saturated carbocycles. The van der Waals surface area contributed by atoms with Crippen molar-refractivity contribution in [2.45, 2.75) is 23.6 Å². The third kappa shape index (κ3) is 3.19. The van der Waals surface area contributed by atoms with Crippen molar-refractivity contribution in [2.75, 3.05) is 11.5 Å². The Morgan fingerprint density at radius 2 is 2.00 bits per heavy atom. The normalized spacial score (nSPS) is 11.4. The zero-order valence-electron chi connectivity index (χ0n) is 9.54. The van der Waals surface area contributed by atoms with Crippen molar-refractivity contribution in [1.29, 1.82) is 0 Å². The molecule has 1 aromatic rings. The number of thioether (sulfide) groups is 1. The van der Waals surface area contributed by atoms with E-state index in [1.165, 1.54) is 30.8 Å². The van der Waals surface area contributed by atoms with E-state index in [-0.39, 0.29) is 16.3 Å². The molecule has 0 heterocycles. The van der Waals surface area contributed by atoms with Gasteiger partial charge in [-0.25, -0.2) is 8.42 Å². The first-order valence-corrected chi connectivity index (χ1v) is 7.70. The molecular weight excluding hydrogens is 262 g/mol. The second-order valence-electron chi connectivity index (χ2n) is 3.22. The molecular formula is C10H13NO4S2. The van der Waals surface area contributed by atoms with E-state index in [9.17, 15) is 18.5 Å². The number of nitro benzene ring substituents is 1. The van der Waals surface area contributed by atoms with E-state index in [2.05, 4.69) is 0 Å². The topological polar surface area (TPSA) is 77.3 Å². The molecule has 0 unspecified atom stereocenters. The van der Waals surface area contributed by atoms with Crippen molar-refractivity contribution in [2.24, 2.45) is 0 Å². The van der Waals surface area contributed by atoms with Crippen LogP contribution in [0, 0.1) is 10.1 Å². The highest BCUT2D eigenvalue weighted by atomic mass is 32.2. The molecule has 0 fully saturated rings. The van der Waals surface area contributed by atoms with Gasteiger partial charge in [0.2, 0.25) is 0 Å². The highest BCUT2D eigenvalue weighted by molar-refractivity contribution is 7.99. The maximum Gasteiger partial charge on any atom is 0.284 e. The molecule has 0 amide bonds. The smallest absolute Gasteiger partial charge is 0.258 e. The second-order valence-corrected chi connectivity index (χ2v) is 6.81. The van der Waals surface area contributed by atoms with Gasteiger partial charge in [-0.1, -0.05) is 13.8 Å². The van der Waals surface area contributed by atoms with Crippen molar-refractivity contribution in [3.63, 3.8) is 0 Å². The Labute approximate surface area is 104 Å². The first-order chi connectivity index (χ1) is 7.92. The van der Waals surface area contributed by atoms with Gasteiger partial charge in [-0.3, -0.25) is 10.1 Å². The molecule has 1 rings (SSSR count). The Bertz CT molecular complexity index is 525. The van der Waals surface area contributed by atoms with Crippen LogP contribution in [0.25, 0.3) is 0 Å². The zero-order chi connectivity index (χ0) is 13.1. The van der Waals surface area contributed by atoms with Crippen LogP contribution in [0.1, 0.15) is 13.8 Å². The van der Waals surface area contributed by atoms with E-state index in [1.54, 1.807) is 0 Å². The van der Waals surface area contributed by atoms with Gasteiger partial charge in [0.25, 0.3) is 5.69 Å². The predicted octanol–water partition coefficient (Wildman–Crippen LogP) is 2.50. The van der Waals surface area contributed by atoms with Crippen molar-refractivity contribution < 1.29 is 13.3 Å². The van der Waals surface area contributed by atoms with E-state index in [0.29, 0.717) is 10.6 Å². The summed E-state index contributed by atoms with van der Waals surface area (Å²) < 4.78 is 23.2. The Morgan fingerprint density at radius 3 is 2.47 bits per heavy atom. The van der Waals surface area contributed by atoms with Crippen LogP contribution in [0.2, 0.25) is 0 Å². The first kappa shape index (κ1) is 14.0. The van der Waals surface area contributed by atoms with Crippen LogP contribution in [0.15, 0.2) is 28.0 Å². The van der Waals surface area contributed by atoms with Gasteiger partial charge in [0.15, 0.2) is 9.84 Å². The first-order valence-electron chi connectivity index (χ1n) is 5.06. The number of rotatable bonds is 5. The van der Waals surface area contributed by atoms with Crippen LogP contribution in [-0.4, -0.2) is 24.8 Å². The molecule has 0 atom stereocenters. The summed E-state index contributed by atoms with van der Waals surface area (Å²) in [5, 5.41) is 10.9. The van der Waals surface area contributed by atoms with Gasteiger partial charge in [-0.2, -0.15) is 0 Å². The highest BCUT2D eigenvalue weighted by Gasteiger charge is 2.19. The second kappa shape index (κ2) is 5.50. The molecule has 0 saturated heterocycles. The quantitative estimate of drug-likeness (QED) is 0.468. The maximum atomic E-state index is 11.6. The third-order valence-electron chi connectivity index (χ3n) is 2.17. The lowest BCUT2D eigenvalue weighted by molar-refractivity contribution is -0.388. The van der Waals surface area contributed by atoms with Crippen LogP contribution >= 0.6 is 11.8 Å². The van der Waals surface area contributed by atoms with E-state index in [4.69, 9.17) is 0 Å². The minimum Gasteiger partial charge on any atom is -0.258 e. The predicted molar refractivity (Wildman–Crippen MR) is 67.2 cm³/mol. The molecule has 0 aliphatic heterocycles. The molecule has 0 spiro atoms. The number of nitro groups is 1. The van der Waals surface area contributed by atoms with Gasteiger partial charge >= 0.3 is 0 Å². The average Bonchev–Trinajstić information content (AvgIpc) is 2.29. The largest absolute Gasteiger partial charge is 0.284 e. The maximum absolute atomic E-state index is 11.6. The van der Waals surface area contributed by atoms with E-state index in [1.807, 2.05) is 6.92 Å². The lowest BCUT2D eigenvalue weighted by Gasteiger charge is -2.04. The zero-order valence-corrected chi connectivity index (χ0v) is 11.2. The number of benzene rings is 1. The summed E-state index contributed by atoms with van der Waals surface area (Å²) in [7, 11) is -3.40. The number of hydrogen-bond donors (Lipinski definition) is 0. The summed E-state index contributed by atoms with van der Waals surface area (Å²) in [4.78, 5) is 10.8. The fourth-order valence-electron chi connectivity index (χ4n) is 1.28. The van der Waals surface area contributed by atoms with Gasteiger partial charge < -0.3 is 0 Å². The molecule has 0 aliphatic rings. The average molecular weight is 275 g/mol. The standard InChI is InChI=1S/C10H13NO4S2/c1-3-16-10-6-5-8(17(14,15)4-2)7-9(10)11(12)13/h5-7H,3-4H2,1-2H3. The molecule has 17 heavy (non-hydrogen) atoms. The van der Waals surface area contributed by atoms with Gasteiger partial charge in [0, 0.05) is 6.07 Å². The van der Waals surface area contributed by atoms with Gasteiger partial charge in [-0.15, -0.1) is 11.8 Å². The van der Waals surface area contributed by atoms with E-state index < -0.39 is 14.8 Å². The van der Waals surface area contributed by atoms with Gasteiger partial charge in [0.1, 0.15) is 0 Å². The van der Waals surface area contributed by atoms with Crippen LogP contribution in [0.5, 0.6) is 0 Å². The molecule has 0 N–H and O–H groups in total. The summed E-state index contributed by atoms with van der Waals surface area (Å²) >= 11 is 1.32. The number of hydrogen-bond acceptors (Lipinski definition) is 5. The molecule has 0 radical (unpaired) electrons. The number of sulfone groups is 1. The Morgan fingerprint density at radius 1 is 1.35 bits per heavy atom. The van der Waals surface area contributed by atoms with Crippen molar-refractivity contribution in [1.82, 2.24) is 0 Å². The van der Waals surface area contributed by atoms with Crippen LogP contribution in [0.3, 0.4) is 0 Å². The number of nitrogens with zero attached hydrogens (tertiary/aromatic N) is 1. The molecule has 1 aromatic carbocycles. The van der Waals surface area contributed by atoms with E-state index >= 15 is 0 Å². The SMILES string of the molecule is CCSc1ccc(S(=O)(=O)CC)cc1[N+](=O)[O-]. The van der Waals surface area contributed by atoms with Crippen molar-refractivity contribution in [3.8, 4) is 0 Å². The Balaban J connectivity index is 3.33. The molecule has 0 aromatic heterocycles. The molecule has 0 bridgehead atoms. The fraction of sp³-hybridized carbons (Fsp3) is 0.400. The molecule has 94 valence electrons. The van der Waals surface area contributed by atoms with Crippen molar-refractivity contribution in [3.05, 3.63) is 28.3 Å². The summed E-state index contributed by atoms with van der Waals surface area (Å²) in [6, 6.07) is 4.05. The van der Waals surface area contributed by atoms with Crippen LogP contribution < -0.4 is 0 Å². The van der Waals surface area contributed by atoms with Crippen LogP contribution in [-0.2, 0) is 9.84 Å². The fourth-order valence-corrected chi connectivity index (χ4v) is 2.93. The molecule has 7 heteroatoms.